The van der Waals surface area contributed by atoms with Gasteiger partial charge in [0.2, 0.25) is 5.91 Å². The van der Waals surface area contributed by atoms with Crippen molar-refractivity contribution in [3.63, 3.8) is 0 Å². The van der Waals surface area contributed by atoms with Crippen molar-refractivity contribution in [3.05, 3.63) is 64.2 Å². The Bertz CT molecular complexity index is 1040. The monoisotopic (exact) mass is 368 g/mol. The third kappa shape index (κ3) is 4.15. The van der Waals surface area contributed by atoms with Crippen LogP contribution >= 0.6 is 11.8 Å². The van der Waals surface area contributed by atoms with E-state index in [1.807, 2.05) is 13.0 Å². The number of nitrogens with one attached hydrogen (secondary N) is 1. The molecule has 0 radical (unpaired) electrons. The maximum absolute atomic E-state index is 12.1. The van der Waals surface area contributed by atoms with Gasteiger partial charge in [0.15, 0.2) is 10.9 Å². The molecule has 2 heterocycles. The van der Waals surface area contributed by atoms with Crippen molar-refractivity contribution < 1.29 is 9.59 Å². The van der Waals surface area contributed by atoms with Crippen molar-refractivity contribution in [1.29, 1.82) is 0 Å². The molecule has 1 amide bonds. The Morgan fingerprint density at radius 2 is 1.85 bits per heavy atom. The second kappa shape index (κ2) is 7.49. The molecule has 0 atom stereocenters. The highest BCUT2D eigenvalue weighted by atomic mass is 32.2. The van der Waals surface area contributed by atoms with E-state index in [2.05, 4.69) is 15.3 Å². The van der Waals surface area contributed by atoms with E-state index in [9.17, 15) is 14.4 Å². The van der Waals surface area contributed by atoms with Crippen LogP contribution < -0.4 is 11.0 Å². The van der Waals surface area contributed by atoms with Crippen molar-refractivity contribution in [3.8, 4) is 0 Å². The van der Waals surface area contributed by atoms with Gasteiger partial charge in [0.25, 0.3) is 0 Å². The Kier molecular flexibility index (Phi) is 5.13. The SMILES string of the molecule is CC(=O)c1ccc(NC(=O)CSc2nc(=O)n3cc(C)ccc3n2)cc1. The van der Waals surface area contributed by atoms with Crippen LogP contribution in [0.5, 0.6) is 0 Å². The summed E-state index contributed by atoms with van der Waals surface area (Å²) in [5, 5.41) is 2.98. The topological polar surface area (TPSA) is 93.4 Å². The summed E-state index contributed by atoms with van der Waals surface area (Å²) in [4.78, 5) is 43.5. The zero-order chi connectivity index (χ0) is 18.7. The molecular weight excluding hydrogens is 352 g/mol. The predicted molar refractivity (Wildman–Crippen MR) is 99.8 cm³/mol. The Labute approximate surface area is 153 Å². The molecule has 0 saturated heterocycles. The van der Waals surface area contributed by atoms with E-state index in [-0.39, 0.29) is 22.6 Å². The van der Waals surface area contributed by atoms with E-state index < -0.39 is 5.69 Å². The average Bonchev–Trinajstić information content (AvgIpc) is 2.61. The molecule has 7 nitrogen and oxygen atoms in total. The standard InChI is InChI=1S/C18H16N4O3S/c1-11-3-8-15-20-17(21-18(25)22(15)9-11)26-10-16(24)19-14-6-4-13(5-7-14)12(2)23/h3-9H,10H2,1-2H3,(H,19,24). The van der Waals surface area contributed by atoms with Gasteiger partial charge in [-0.25, -0.2) is 9.78 Å². The molecule has 8 heteroatoms. The van der Waals surface area contributed by atoms with Crippen LogP contribution in [-0.4, -0.2) is 31.8 Å². The molecule has 0 unspecified atom stereocenters. The molecule has 2 aromatic heterocycles. The number of carbonyl (C=O) groups excluding carboxylic acids is 2. The number of nitrogens with zero attached hydrogens (tertiary/aromatic N) is 3. The van der Waals surface area contributed by atoms with Gasteiger partial charge in [0, 0.05) is 17.4 Å². The lowest BCUT2D eigenvalue weighted by Gasteiger charge is -2.06. The van der Waals surface area contributed by atoms with E-state index in [1.54, 1.807) is 36.5 Å². The molecule has 26 heavy (non-hydrogen) atoms. The second-order valence-electron chi connectivity index (χ2n) is 5.69. The van der Waals surface area contributed by atoms with Crippen molar-refractivity contribution in [2.24, 2.45) is 0 Å². The summed E-state index contributed by atoms with van der Waals surface area (Å²) >= 11 is 1.09. The number of aryl methyl sites for hydroxylation is 1. The summed E-state index contributed by atoms with van der Waals surface area (Å²) in [7, 11) is 0. The fourth-order valence-electron chi connectivity index (χ4n) is 2.28. The maximum atomic E-state index is 12.1. The number of fused-ring (bicyclic) bond motifs is 1. The zero-order valence-electron chi connectivity index (χ0n) is 14.2. The summed E-state index contributed by atoms with van der Waals surface area (Å²) in [5.41, 5.74) is 2.16. The van der Waals surface area contributed by atoms with Crippen LogP contribution in [0.3, 0.4) is 0 Å². The number of ketones is 1. The van der Waals surface area contributed by atoms with Crippen LogP contribution in [0.2, 0.25) is 0 Å². The van der Waals surface area contributed by atoms with Crippen LogP contribution in [0.1, 0.15) is 22.8 Å². The van der Waals surface area contributed by atoms with Crippen molar-refractivity contribution in [2.75, 3.05) is 11.1 Å². The number of Topliss-reactive ketones (excluding diaryl/α,β-unsaturated/α-hetero) is 1. The van der Waals surface area contributed by atoms with E-state index >= 15 is 0 Å². The Morgan fingerprint density at radius 1 is 1.12 bits per heavy atom. The van der Waals surface area contributed by atoms with Crippen LogP contribution in [0, 0.1) is 6.92 Å². The number of carbonyl (C=O) groups is 2. The van der Waals surface area contributed by atoms with E-state index in [4.69, 9.17) is 0 Å². The first-order valence-electron chi connectivity index (χ1n) is 7.83. The van der Waals surface area contributed by atoms with Gasteiger partial charge in [-0.1, -0.05) is 17.8 Å². The molecule has 3 aromatic rings. The highest BCUT2D eigenvalue weighted by molar-refractivity contribution is 7.99. The highest BCUT2D eigenvalue weighted by Gasteiger charge is 2.09. The lowest BCUT2D eigenvalue weighted by atomic mass is 10.1. The van der Waals surface area contributed by atoms with E-state index in [0.29, 0.717) is 16.9 Å². The first kappa shape index (κ1) is 17.8. The molecule has 3 rings (SSSR count). The lowest BCUT2D eigenvalue weighted by Crippen LogP contribution is -2.20. The largest absolute Gasteiger partial charge is 0.355 e. The quantitative estimate of drug-likeness (QED) is 0.549. The number of aromatic nitrogens is 3. The van der Waals surface area contributed by atoms with Crippen LogP contribution in [-0.2, 0) is 4.79 Å². The molecule has 0 spiro atoms. The fourth-order valence-corrected chi connectivity index (χ4v) is 2.92. The molecule has 0 aliphatic carbocycles. The Morgan fingerprint density at radius 3 is 2.54 bits per heavy atom. The maximum Gasteiger partial charge on any atom is 0.355 e. The number of rotatable bonds is 5. The molecule has 0 fully saturated rings. The molecule has 0 bridgehead atoms. The summed E-state index contributed by atoms with van der Waals surface area (Å²) in [6.45, 7) is 3.36. The minimum absolute atomic E-state index is 0.0339. The molecular formula is C18H16N4O3S. The number of hydrogen-bond acceptors (Lipinski definition) is 6. The first-order chi connectivity index (χ1) is 12.4. The van der Waals surface area contributed by atoms with E-state index in [1.165, 1.54) is 11.3 Å². The smallest absolute Gasteiger partial charge is 0.325 e. The van der Waals surface area contributed by atoms with Gasteiger partial charge in [-0.15, -0.1) is 0 Å². The number of pyridine rings is 1. The molecule has 0 aliphatic heterocycles. The Hall–Kier alpha value is -3.00. The predicted octanol–water partition coefficient (Wildman–Crippen LogP) is 2.33. The van der Waals surface area contributed by atoms with Crippen LogP contribution in [0.4, 0.5) is 5.69 Å². The highest BCUT2D eigenvalue weighted by Crippen LogP contribution is 2.14. The first-order valence-corrected chi connectivity index (χ1v) is 8.81. The van der Waals surface area contributed by atoms with Gasteiger partial charge in [0.05, 0.1) is 5.75 Å². The second-order valence-corrected chi connectivity index (χ2v) is 6.64. The summed E-state index contributed by atoms with van der Waals surface area (Å²) in [5.74, 6) is -0.220. The third-order valence-electron chi connectivity index (χ3n) is 3.59. The minimum Gasteiger partial charge on any atom is -0.325 e. The van der Waals surface area contributed by atoms with Gasteiger partial charge in [-0.2, -0.15) is 4.98 Å². The molecule has 0 saturated carbocycles. The molecule has 1 aromatic carbocycles. The fraction of sp³-hybridized carbons (Fsp3) is 0.167. The number of amides is 1. The zero-order valence-corrected chi connectivity index (χ0v) is 15.0. The Balaban J connectivity index is 1.66. The van der Waals surface area contributed by atoms with E-state index in [0.717, 1.165) is 17.3 Å². The van der Waals surface area contributed by atoms with Gasteiger partial charge in [-0.05, 0) is 49.7 Å². The van der Waals surface area contributed by atoms with Crippen molar-refractivity contribution in [1.82, 2.24) is 14.4 Å². The molecule has 132 valence electrons. The number of thioether (sulfide) groups is 1. The molecule has 1 N–H and O–H groups in total. The number of hydrogen-bond donors (Lipinski definition) is 1. The third-order valence-corrected chi connectivity index (χ3v) is 4.44. The van der Waals surface area contributed by atoms with Crippen LogP contribution in [0.25, 0.3) is 5.65 Å². The molecule has 0 aliphatic rings. The summed E-state index contributed by atoms with van der Waals surface area (Å²) < 4.78 is 1.37. The van der Waals surface area contributed by atoms with Gasteiger partial charge in [0.1, 0.15) is 5.65 Å². The minimum atomic E-state index is -0.429. The van der Waals surface area contributed by atoms with Crippen molar-refractivity contribution in [2.45, 2.75) is 19.0 Å². The summed E-state index contributed by atoms with van der Waals surface area (Å²) in [6.07, 6.45) is 1.67. The average molecular weight is 368 g/mol. The lowest BCUT2D eigenvalue weighted by molar-refractivity contribution is -0.113. The number of anilines is 1. The van der Waals surface area contributed by atoms with Gasteiger partial charge in [-0.3, -0.25) is 14.0 Å². The van der Waals surface area contributed by atoms with Gasteiger partial charge < -0.3 is 5.32 Å². The van der Waals surface area contributed by atoms with Gasteiger partial charge >= 0.3 is 5.69 Å². The number of benzene rings is 1. The van der Waals surface area contributed by atoms with Crippen molar-refractivity contribution >= 4 is 34.8 Å². The van der Waals surface area contributed by atoms with Crippen LogP contribution in [0.15, 0.2) is 52.5 Å². The summed E-state index contributed by atoms with van der Waals surface area (Å²) in [6, 6.07) is 10.2. The normalized spacial score (nSPS) is 10.7.